The highest BCUT2D eigenvalue weighted by molar-refractivity contribution is 5.96. The highest BCUT2D eigenvalue weighted by Gasteiger charge is 2.31. The van der Waals surface area contributed by atoms with Gasteiger partial charge < -0.3 is 71.4 Å². The largest absolute Gasteiger partial charge is 0.478 e. The maximum atomic E-state index is 12.5. The molecular weight excluding hydrogens is 998 g/mol. The Labute approximate surface area is 455 Å². The second kappa shape index (κ2) is 34.9. The zero-order chi connectivity index (χ0) is 58.4. The van der Waals surface area contributed by atoms with Crippen molar-refractivity contribution in [2.45, 2.75) is 147 Å². The summed E-state index contributed by atoms with van der Waals surface area (Å²) in [5, 5.41) is 67.3. The van der Waals surface area contributed by atoms with Crippen LogP contribution in [0.15, 0.2) is 72.8 Å². The van der Waals surface area contributed by atoms with Gasteiger partial charge in [-0.1, -0.05) is 73.9 Å². The highest BCUT2D eigenvalue weighted by atomic mass is 19.1. The Morgan fingerprint density at radius 3 is 1.19 bits per heavy atom. The predicted molar refractivity (Wildman–Crippen MR) is 292 cm³/mol. The summed E-state index contributed by atoms with van der Waals surface area (Å²) in [6.45, 7) is 12.7. The molecule has 2 saturated heterocycles. The number of nitrogens with two attached hydrogens (primary N) is 1. The van der Waals surface area contributed by atoms with Crippen LogP contribution >= 0.6 is 0 Å². The molecule has 19 nitrogen and oxygen atoms in total. The van der Waals surface area contributed by atoms with Crippen molar-refractivity contribution in [2.75, 3.05) is 72.8 Å². The van der Waals surface area contributed by atoms with Crippen LogP contribution in [0.2, 0.25) is 0 Å². The fraction of sp³-hybridized carbons (Fsp3) is 0.596. The van der Waals surface area contributed by atoms with Gasteiger partial charge in [0.05, 0.1) is 52.2 Å². The number of hydrogen-bond donors (Lipinski definition) is 10. The van der Waals surface area contributed by atoms with Crippen molar-refractivity contribution in [3.8, 4) is 0 Å². The van der Waals surface area contributed by atoms with Gasteiger partial charge in [-0.2, -0.15) is 0 Å². The van der Waals surface area contributed by atoms with Crippen molar-refractivity contribution >= 4 is 30.0 Å². The number of carboxylic acid groups (broad SMARTS) is 1. The molecule has 3 aromatic carbocycles. The molecule has 1 saturated carbocycles. The van der Waals surface area contributed by atoms with E-state index >= 15 is 0 Å². The Kier molecular flexibility index (Phi) is 29.7. The van der Waals surface area contributed by atoms with Crippen LogP contribution in [0.5, 0.6) is 0 Å². The number of piperidine rings is 2. The fourth-order valence-corrected chi connectivity index (χ4v) is 8.80. The maximum absolute atomic E-state index is 12.5. The molecule has 0 bridgehead atoms. The first kappa shape index (κ1) is 65.5. The summed E-state index contributed by atoms with van der Waals surface area (Å²) in [6.07, 6.45) is 5.83. The molecule has 3 atom stereocenters. The summed E-state index contributed by atoms with van der Waals surface area (Å²) in [5.74, 6) is -0.524. The predicted octanol–water partition coefficient (Wildman–Crippen LogP) is 6.08. The molecule has 4 amide bonds. The molecule has 3 unspecified atom stereocenters. The lowest BCUT2D eigenvalue weighted by molar-refractivity contribution is 0.0194. The number of rotatable bonds is 14. The summed E-state index contributed by atoms with van der Waals surface area (Å²) in [7, 11) is -1.00. The van der Waals surface area contributed by atoms with Crippen molar-refractivity contribution in [1.82, 2.24) is 20.4 Å². The molecule has 1 aliphatic carbocycles. The summed E-state index contributed by atoms with van der Waals surface area (Å²) in [6, 6.07) is 22.2. The number of ether oxygens (including phenoxy) is 2. The third-order valence-corrected chi connectivity index (χ3v) is 12.7. The smallest absolute Gasteiger partial charge is 0.410 e. The van der Waals surface area contributed by atoms with Crippen molar-refractivity contribution in [3.05, 3.63) is 106 Å². The Morgan fingerprint density at radius 1 is 0.584 bits per heavy atom. The van der Waals surface area contributed by atoms with Crippen LogP contribution < -0.4 is 16.4 Å². The van der Waals surface area contributed by atoms with Crippen molar-refractivity contribution in [2.24, 2.45) is 5.73 Å². The summed E-state index contributed by atoms with van der Waals surface area (Å²) < 4.78 is 26.3. The lowest BCUT2D eigenvalue weighted by Gasteiger charge is -2.34. The van der Waals surface area contributed by atoms with Gasteiger partial charge in [-0.3, -0.25) is 14.0 Å². The number of hydrogen-bond acceptors (Lipinski definition) is 14. The molecule has 6 rings (SSSR count). The van der Waals surface area contributed by atoms with E-state index in [1.165, 1.54) is 19.3 Å². The molecule has 3 aliphatic rings. The van der Waals surface area contributed by atoms with E-state index in [-0.39, 0.29) is 68.7 Å². The van der Waals surface area contributed by atoms with Crippen LogP contribution in [-0.2, 0) is 9.47 Å². The average molecular weight is 1090 g/mol. The molecular formula is C57H88FN5O14. The third kappa shape index (κ3) is 24.6. The van der Waals surface area contributed by atoms with Gasteiger partial charge in [0.2, 0.25) is 0 Å². The van der Waals surface area contributed by atoms with Crippen molar-refractivity contribution in [1.29, 1.82) is 0 Å². The number of nitrogens with zero attached hydrogens (tertiary/aromatic N) is 2. The number of carbonyl (C=O) groups is 5. The van der Waals surface area contributed by atoms with Crippen LogP contribution in [0.1, 0.15) is 166 Å². The molecule has 11 N–H and O–H groups in total. The molecule has 2 heterocycles. The number of aliphatic hydroxyl groups is 6. The second-order valence-corrected chi connectivity index (χ2v) is 21.1. The van der Waals surface area contributed by atoms with Gasteiger partial charge >= 0.3 is 18.2 Å². The van der Waals surface area contributed by atoms with Gasteiger partial charge in [0, 0.05) is 56.9 Å². The number of halogens is 1. The summed E-state index contributed by atoms with van der Waals surface area (Å²) in [4.78, 5) is 63.7. The van der Waals surface area contributed by atoms with Gasteiger partial charge in [0.25, 0.3) is 11.8 Å². The second-order valence-electron chi connectivity index (χ2n) is 21.1. The van der Waals surface area contributed by atoms with Crippen LogP contribution in [0.25, 0.3) is 0 Å². The molecule has 3 aromatic rings. The van der Waals surface area contributed by atoms with E-state index in [9.17, 15) is 43.7 Å². The number of aromatic carboxylic acids is 1. The first-order valence-electron chi connectivity index (χ1n) is 27.1. The van der Waals surface area contributed by atoms with Crippen LogP contribution in [0.4, 0.5) is 14.0 Å². The first-order valence-corrected chi connectivity index (χ1v) is 26.4. The lowest BCUT2D eigenvalue weighted by atomic mass is 9.82. The molecule has 0 radical (unpaired) electrons. The molecule has 3 fully saturated rings. The SMILES string of the molecule is CC(C)(C)OC(=O)N1CCC(c2ccccc2C(=O)NCC(O)CO)CC1.CC(C)(C)OC(=O)N1CCC(c2ccccc2C(=O)O)CC1.NCC(O)CO.O=C(NCC(O)CO)c1ccccc1C1CCCCC1.[2H]CF. The maximum Gasteiger partial charge on any atom is 0.410 e. The topological polar surface area (TPSA) is 302 Å². The lowest BCUT2D eigenvalue weighted by Crippen LogP contribution is -2.41. The van der Waals surface area contributed by atoms with E-state index in [0.29, 0.717) is 48.8 Å². The minimum absolute atomic E-state index is 0.000750. The number of nitrogens with one attached hydrogen (secondary N) is 2. The number of aliphatic hydroxyl groups excluding tert-OH is 6. The number of likely N-dealkylation sites (tertiary alicyclic amines) is 2. The first-order chi connectivity index (χ1) is 36.9. The van der Waals surface area contributed by atoms with Gasteiger partial charge in [0.15, 0.2) is 0 Å². The summed E-state index contributed by atoms with van der Waals surface area (Å²) in [5.41, 5.74) is 8.40. The minimum Gasteiger partial charge on any atom is -0.478 e. The molecule has 0 aromatic heterocycles. The zero-order valence-electron chi connectivity index (χ0n) is 46.9. The van der Waals surface area contributed by atoms with E-state index in [0.717, 1.165) is 55.2 Å². The summed E-state index contributed by atoms with van der Waals surface area (Å²) >= 11 is 0. The third-order valence-electron chi connectivity index (χ3n) is 12.7. The van der Waals surface area contributed by atoms with Gasteiger partial charge in [-0.15, -0.1) is 0 Å². The number of benzene rings is 3. The molecule has 0 spiro atoms. The minimum atomic E-state index is -1.00. The van der Waals surface area contributed by atoms with Crippen LogP contribution in [-0.4, -0.2) is 178 Å². The quantitative estimate of drug-likeness (QED) is 0.0875. The highest BCUT2D eigenvalue weighted by Crippen LogP contribution is 2.35. The van der Waals surface area contributed by atoms with Crippen LogP contribution in [0, 0.1) is 0 Å². The average Bonchev–Trinajstić information content (AvgIpc) is 3.43. The molecule has 432 valence electrons. The van der Waals surface area contributed by atoms with E-state index in [2.05, 4.69) is 10.6 Å². The Hall–Kier alpha value is -5.74. The monoisotopic (exact) mass is 1090 g/mol. The van der Waals surface area contributed by atoms with E-state index in [1.807, 2.05) is 90.1 Å². The Morgan fingerprint density at radius 2 is 0.896 bits per heavy atom. The zero-order valence-corrected chi connectivity index (χ0v) is 45.9. The number of carboxylic acids is 1. The van der Waals surface area contributed by atoms with Crippen LogP contribution in [0.3, 0.4) is 0 Å². The standard InChI is InChI=1S/C20H30N2O5.C17H23NO4.C16H23NO3.C3H9NO2.CH3F/c1-20(2,3)27-19(26)22-10-8-14(9-11-22)16-6-4-5-7-17(16)18(25)21-12-15(24)13-23;1-17(2,3)22-16(21)18-10-8-12(9-11-18)13-6-4-5-7-14(13)15(19)20;18-11-13(19)10-17-16(20)15-9-5-4-8-14(15)12-6-2-1-3-7-12;4-1-3(6)2-5;1-2/h4-7,14-15,23-24H,8-13H2,1-3H3,(H,21,25);4-7,12H,8-11H2,1-3H3,(H,19,20);4-5,8-9,12-13,18-19H,1-3,6-7,10-11H2,(H,17,20);3,5-6H,1-2,4H2;1H3/i;;;;1D. The fourth-order valence-electron chi connectivity index (χ4n) is 8.80. The van der Waals surface area contributed by atoms with Gasteiger partial charge in [-0.25, -0.2) is 14.4 Å². The van der Waals surface area contributed by atoms with Gasteiger partial charge in [-0.05, 0) is 133 Å². The van der Waals surface area contributed by atoms with E-state index < -0.39 is 49.2 Å². The van der Waals surface area contributed by atoms with E-state index in [4.69, 9.17) is 37.0 Å². The van der Waals surface area contributed by atoms with Gasteiger partial charge in [0.1, 0.15) is 11.2 Å². The number of carbonyl (C=O) groups excluding carboxylic acids is 4. The van der Waals surface area contributed by atoms with Crippen molar-refractivity contribution in [3.63, 3.8) is 0 Å². The Bertz CT molecular complexity index is 2240. The van der Waals surface area contributed by atoms with E-state index in [1.54, 1.807) is 34.1 Å². The molecule has 20 heteroatoms. The Balaban J connectivity index is 0.000000373. The number of alkyl halides is 1. The molecule has 77 heavy (non-hydrogen) atoms. The normalized spacial score (nSPS) is 16.5. The molecule has 2 aliphatic heterocycles. The number of amides is 4. The van der Waals surface area contributed by atoms with Crippen molar-refractivity contribution < 1.29 is 75.0 Å².